The van der Waals surface area contributed by atoms with Gasteiger partial charge >= 0.3 is 6.18 Å². The molecule has 150 valence electrons. The SMILES string of the molecule is CCOc1cc(Br)c(/C=N\Nc2ccc(C(F)(F)F)cc2[N+](=O)[O-])cc1OC. The summed E-state index contributed by atoms with van der Waals surface area (Å²) in [6.45, 7) is 2.26. The first-order chi connectivity index (χ1) is 13.2. The highest BCUT2D eigenvalue weighted by Crippen LogP contribution is 2.35. The van der Waals surface area contributed by atoms with Crippen LogP contribution in [-0.4, -0.2) is 24.9 Å². The van der Waals surface area contributed by atoms with Gasteiger partial charge in [-0.05, 0) is 47.1 Å². The molecular formula is C17H15BrF3N3O4. The maximum absolute atomic E-state index is 12.7. The highest BCUT2D eigenvalue weighted by molar-refractivity contribution is 9.10. The maximum Gasteiger partial charge on any atom is 0.416 e. The minimum absolute atomic E-state index is 0.178. The van der Waals surface area contributed by atoms with Crippen molar-refractivity contribution >= 4 is 33.5 Å². The Morgan fingerprint density at radius 3 is 2.57 bits per heavy atom. The number of nitro benzene ring substituents is 1. The van der Waals surface area contributed by atoms with E-state index in [4.69, 9.17) is 9.47 Å². The average Bonchev–Trinajstić information content (AvgIpc) is 2.62. The molecule has 2 aromatic carbocycles. The molecule has 2 aromatic rings. The van der Waals surface area contributed by atoms with E-state index in [1.807, 2.05) is 6.92 Å². The van der Waals surface area contributed by atoms with Gasteiger partial charge in [0.2, 0.25) is 0 Å². The Morgan fingerprint density at radius 1 is 1.29 bits per heavy atom. The van der Waals surface area contributed by atoms with Crippen molar-refractivity contribution in [3.63, 3.8) is 0 Å². The lowest BCUT2D eigenvalue weighted by atomic mass is 10.1. The fraction of sp³-hybridized carbons (Fsp3) is 0.235. The van der Waals surface area contributed by atoms with Crippen LogP contribution in [0.4, 0.5) is 24.5 Å². The van der Waals surface area contributed by atoms with Crippen LogP contribution in [-0.2, 0) is 6.18 Å². The van der Waals surface area contributed by atoms with E-state index >= 15 is 0 Å². The fourth-order valence-electron chi connectivity index (χ4n) is 2.20. The van der Waals surface area contributed by atoms with Crippen LogP contribution < -0.4 is 14.9 Å². The number of hydrogen-bond acceptors (Lipinski definition) is 6. The summed E-state index contributed by atoms with van der Waals surface area (Å²) < 4.78 is 49.5. The molecule has 0 fully saturated rings. The second-order valence-corrected chi connectivity index (χ2v) is 6.17. The van der Waals surface area contributed by atoms with Gasteiger partial charge in [-0.3, -0.25) is 15.5 Å². The van der Waals surface area contributed by atoms with Crippen LogP contribution in [0.25, 0.3) is 0 Å². The zero-order valence-electron chi connectivity index (χ0n) is 14.7. The molecule has 0 aliphatic heterocycles. The minimum Gasteiger partial charge on any atom is -0.493 e. The first-order valence-corrected chi connectivity index (χ1v) is 8.61. The topological polar surface area (TPSA) is 86.0 Å². The van der Waals surface area contributed by atoms with Crippen molar-refractivity contribution in [1.82, 2.24) is 0 Å². The number of benzene rings is 2. The predicted octanol–water partition coefficient (Wildman–Crippen LogP) is 5.23. The van der Waals surface area contributed by atoms with Gasteiger partial charge in [-0.15, -0.1) is 0 Å². The Kier molecular flexibility index (Phi) is 6.84. The molecule has 0 bridgehead atoms. The average molecular weight is 462 g/mol. The molecule has 0 aliphatic rings. The van der Waals surface area contributed by atoms with E-state index < -0.39 is 22.4 Å². The smallest absolute Gasteiger partial charge is 0.416 e. The number of nitro groups is 1. The summed E-state index contributed by atoms with van der Waals surface area (Å²) in [5.74, 6) is 0.965. The molecule has 11 heteroatoms. The third-order valence-corrected chi connectivity index (χ3v) is 4.18. The molecule has 0 heterocycles. The van der Waals surface area contributed by atoms with E-state index in [9.17, 15) is 23.3 Å². The van der Waals surface area contributed by atoms with Crippen LogP contribution >= 0.6 is 15.9 Å². The number of hydrazone groups is 1. The number of halogens is 4. The van der Waals surface area contributed by atoms with E-state index in [-0.39, 0.29) is 5.69 Å². The minimum atomic E-state index is -4.68. The summed E-state index contributed by atoms with van der Waals surface area (Å²) in [6, 6.07) is 5.44. The van der Waals surface area contributed by atoms with Gasteiger partial charge in [0, 0.05) is 16.1 Å². The highest BCUT2D eigenvalue weighted by atomic mass is 79.9. The van der Waals surface area contributed by atoms with E-state index in [1.54, 1.807) is 12.1 Å². The van der Waals surface area contributed by atoms with Gasteiger partial charge < -0.3 is 9.47 Å². The van der Waals surface area contributed by atoms with E-state index in [0.29, 0.717) is 34.2 Å². The van der Waals surface area contributed by atoms with Crippen LogP contribution in [0, 0.1) is 10.1 Å². The van der Waals surface area contributed by atoms with Crippen LogP contribution in [0.1, 0.15) is 18.1 Å². The monoisotopic (exact) mass is 461 g/mol. The summed E-state index contributed by atoms with van der Waals surface area (Å²) >= 11 is 3.35. The molecule has 0 radical (unpaired) electrons. The van der Waals surface area contributed by atoms with Crippen molar-refractivity contribution in [2.75, 3.05) is 19.1 Å². The zero-order chi connectivity index (χ0) is 20.9. The van der Waals surface area contributed by atoms with E-state index in [1.165, 1.54) is 13.3 Å². The van der Waals surface area contributed by atoms with Gasteiger partial charge in [-0.25, -0.2) is 0 Å². The summed E-state index contributed by atoms with van der Waals surface area (Å²) in [5, 5.41) is 15.0. The number of ether oxygens (including phenoxy) is 2. The van der Waals surface area contributed by atoms with Crippen LogP contribution in [0.15, 0.2) is 39.9 Å². The molecule has 0 amide bonds. The van der Waals surface area contributed by atoms with Gasteiger partial charge in [0.05, 0.1) is 30.4 Å². The Morgan fingerprint density at radius 2 is 2.00 bits per heavy atom. The molecule has 0 aliphatic carbocycles. The highest BCUT2D eigenvalue weighted by Gasteiger charge is 2.33. The molecule has 0 saturated heterocycles. The Hall–Kier alpha value is -2.82. The van der Waals surface area contributed by atoms with Crippen molar-refractivity contribution in [2.24, 2.45) is 5.10 Å². The van der Waals surface area contributed by atoms with E-state index in [2.05, 4.69) is 26.5 Å². The number of nitrogens with zero attached hydrogens (tertiary/aromatic N) is 2. The molecule has 0 saturated carbocycles. The molecule has 7 nitrogen and oxygen atoms in total. The van der Waals surface area contributed by atoms with Crippen molar-refractivity contribution in [3.05, 3.63) is 56.0 Å². The second kappa shape index (κ2) is 8.91. The maximum atomic E-state index is 12.7. The predicted molar refractivity (Wildman–Crippen MR) is 101 cm³/mol. The van der Waals surface area contributed by atoms with Crippen molar-refractivity contribution < 1.29 is 27.6 Å². The first kappa shape index (κ1) is 21.5. The normalized spacial score (nSPS) is 11.5. The summed E-state index contributed by atoms with van der Waals surface area (Å²) in [7, 11) is 1.47. The molecule has 0 aromatic heterocycles. The van der Waals surface area contributed by atoms with Crippen LogP contribution in [0.5, 0.6) is 11.5 Å². The number of alkyl halides is 3. The number of methoxy groups -OCH3 is 1. The Balaban J connectivity index is 2.29. The summed E-state index contributed by atoms with van der Waals surface area (Å²) in [6.07, 6.45) is -3.35. The molecule has 0 spiro atoms. The van der Waals surface area contributed by atoms with Gasteiger partial charge in [-0.2, -0.15) is 18.3 Å². The molecule has 1 N–H and O–H groups in total. The molecule has 0 atom stereocenters. The van der Waals surface area contributed by atoms with Gasteiger partial charge in [-0.1, -0.05) is 0 Å². The second-order valence-electron chi connectivity index (χ2n) is 5.31. The largest absolute Gasteiger partial charge is 0.493 e. The lowest BCUT2D eigenvalue weighted by molar-refractivity contribution is -0.384. The summed E-state index contributed by atoms with van der Waals surface area (Å²) in [4.78, 5) is 10.2. The van der Waals surface area contributed by atoms with Crippen molar-refractivity contribution in [2.45, 2.75) is 13.1 Å². The lowest BCUT2D eigenvalue weighted by Gasteiger charge is -2.11. The standard InChI is InChI=1S/C17H15BrF3N3O4/c1-3-28-16-8-12(18)10(6-15(16)27-2)9-22-23-13-5-4-11(17(19,20)21)7-14(13)24(25)26/h4-9,23H,3H2,1-2H3/b22-9-. The Labute approximate surface area is 166 Å². The third kappa shape index (κ3) is 5.12. The number of anilines is 1. The lowest BCUT2D eigenvalue weighted by Crippen LogP contribution is -2.06. The summed E-state index contributed by atoms with van der Waals surface area (Å²) in [5.41, 5.74) is 0.916. The van der Waals surface area contributed by atoms with Crippen molar-refractivity contribution in [3.8, 4) is 11.5 Å². The molecule has 0 unspecified atom stereocenters. The van der Waals surface area contributed by atoms with Crippen LogP contribution in [0.3, 0.4) is 0 Å². The van der Waals surface area contributed by atoms with Gasteiger partial charge in [0.15, 0.2) is 11.5 Å². The number of rotatable bonds is 7. The van der Waals surface area contributed by atoms with Gasteiger partial charge in [0.1, 0.15) is 5.69 Å². The van der Waals surface area contributed by atoms with Crippen molar-refractivity contribution in [1.29, 1.82) is 0 Å². The van der Waals surface area contributed by atoms with Crippen LogP contribution in [0.2, 0.25) is 0 Å². The number of hydrogen-bond donors (Lipinski definition) is 1. The Bertz CT molecular complexity index is 904. The first-order valence-electron chi connectivity index (χ1n) is 7.82. The molecule has 2 rings (SSSR count). The fourth-order valence-corrected chi connectivity index (χ4v) is 2.63. The quantitative estimate of drug-likeness (QED) is 0.346. The molecular weight excluding hydrogens is 447 g/mol. The van der Waals surface area contributed by atoms with E-state index in [0.717, 1.165) is 12.1 Å². The zero-order valence-corrected chi connectivity index (χ0v) is 16.3. The van der Waals surface area contributed by atoms with Gasteiger partial charge in [0.25, 0.3) is 5.69 Å². The third-order valence-electron chi connectivity index (χ3n) is 3.49. The number of nitrogens with one attached hydrogen (secondary N) is 1. The molecule has 28 heavy (non-hydrogen) atoms.